The van der Waals surface area contributed by atoms with Crippen molar-refractivity contribution >= 4 is 29.3 Å². The molecule has 0 spiro atoms. The van der Waals surface area contributed by atoms with E-state index in [4.69, 9.17) is 4.42 Å². The molecule has 1 atom stereocenters. The lowest BCUT2D eigenvalue weighted by molar-refractivity contribution is 0.0643. The van der Waals surface area contributed by atoms with Gasteiger partial charge >= 0.3 is 0 Å². The van der Waals surface area contributed by atoms with Crippen molar-refractivity contribution in [2.75, 3.05) is 26.7 Å². The zero-order chi connectivity index (χ0) is 14.8. The molecular formula is C17H23ClN2O2. The Morgan fingerprint density at radius 1 is 1.41 bits per heavy atom. The molecule has 4 nitrogen and oxygen atoms in total. The first-order valence-corrected chi connectivity index (χ1v) is 7.62. The Morgan fingerprint density at radius 3 is 2.91 bits per heavy atom. The fourth-order valence-electron chi connectivity index (χ4n) is 3.23. The molecular weight excluding hydrogens is 300 g/mol. The van der Waals surface area contributed by atoms with E-state index in [0.29, 0.717) is 11.7 Å². The summed E-state index contributed by atoms with van der Waals surface area (Å²) in [7, 11) is 1.96. The lowest BCUT2D eigenvalue weighted by atomic mass is 9.97. The fourth-order valence-corrected chi connectivity index (χ4v) is 3.23. The van der Waals surface area contributed by atoms with E-state index < -0.39 is 0 Å². The van der Waals surface area contributed by atoms with E-state index in [1.54, 1.807) is 0 Å². The molecule has 1 aliphatic rings. The molecule has 120 valence electrons. The van der Waals surface area contributed by atoms with E-state index in [1.165, 1.54) is 6.42 Å². The topological polar surface area (TPSA) is 45.5 Å². The lowest BCUT2D eigenvalue weighted by Crippen LogP contribution is -2.42. The summed E-state index contributed by atoms with van der Waals surface area (Å²) < 4.78 is 5.80. The number of hydrogen-bond acceptors (Lipinski definition) is 3. The van der Waals surface area contributed by atoms with Crippen LogP contribution in [0.1, 0.15) is 29.0 Å². The summed E-state index contributed by atoms with van der Waals surface area (Å²) in [5.41, 5.74) is 1.74. The Morgan fingerprint density at radius 2 is 2.18 bits per heavy atom. The summed E-state index contributed by atoms with van der Waals surface area (Å²) in [6.45, 7) is 4.57. The third-order valence-electron chi connectivity index (χ3n) is 4.34. The molecule has 0 aliphatic carbocycles. The number of piperidine rings is 1. The van der Waals surface area contributed by atoms with Crippen molar-refractivity contribution < 1.29 is 9.21 Å². The highest BCUT2D eigenvalue weighted by atomic mass is 35.5. The predicted octanol–water partition coefficient (Wildman–Crippen LogP) is 3.23. The second-order valence-corrected chi connectivity index (χ2v) is 5.87. The summed E-state index contributed by atoms with van der Waals surface area (Å²) in [4.78, 5) is 14.7. The van der Waals surface area contributed by atoms with Crippen LogP contribution in [-0.4, -0.2) is 37.5 Å². The van der Waals surface area contributed by atoms with Crippen LogP contribution in [0.25, 0.3) is 11.0 Å². The Kier molecular flexibility index (Phi) is 5.48. The van der Waals surface area contributed by atoms with Gasteiger partial charge in [0.15, 0.2) is 5.76 Å². The van der Waals surface area contributed by atoms with Gasteiger partial charge in [0.2, 0.25) is 0 Å². The van der Waals surface area contributed by atoms with E-state index in [9.17, 15) is 4.79 Å². The maximum Gasteiger partial charge on any atom is 0.289 e. The Balaban J connectivity index is 0.00000176. The Labute approximate surface area is 137 Å². The number of nitrogens with zero attached hydrogens (tertiary/aromatic N) is 1. The maximum absolute atomic E-state index is 12.8. The number of nitrogens with one attached hydrogen (secondary N) is 1. The zero-order valence-electron chi connectivity index (χ0n) is 13.1. The minimum Gasteiger partial charge on any atom is -0.451 e. The number of amides is 1. The number of rotatable bonds is 3. The standard InChI is InChI=1S/C17H22N2O2.ClH/c1-12-14-7-3-4-8-15(14)21-16(12)17(20)19-9-5-6-13(11-19)10-18-2;/h3-4,7-8,13,18H,5-6,9-11H2,1-2H3;1H. The molecule has 1 fully saturated rings. The Hall–Kier alpha value is -1.52. The molecule has 1 saturated heterocycles. The van der Waals surface area contributed by atoms with Crippen LogP contribution in [0, 0.1) is 12.8 Å². The van der Waals surface area contributed by atoms with Gasteiger partial charge in [-0.05, 0) is 45.3 Å². The number of likely N-dealkylation sites (tertiary alicyclic amines) is 1. The number of aryl methyl sites for hydroxylation is 1. The zero-order valence-corrected chi connectivity index (χ0v) is 13.9. The summed E-state index contributed by atoms with van der Waals surface area (Å²) in [6.07, 6.45) is 2.25. The molecule has 3 rings (SSSR count). The van der Waals surface area contributed by atoms with Crippen LogP contribution in [0.4, 0.5) is 0 Å². The largest absolute Gasteiger partial charge is 0.451 e. The predicted molar refractivity (Wildman–Crippen MR) is 90.8 cm³/mol. The second-order valence-electron chi connectivity index (χ2n) is 5.87. The van der Waals surface area contributed by atoms with Gasteiger partial charge in [-0.2, -0.15) is 0 Å². The average molecular weight is 323 g/mol. The highest BCUT2D eigenvalue weighted by Crippen LogP contribution is 2.27. The van der Waals surface area contributed by atoms with Gasteiger partial charge in [-0.1, -0.05) is 18.2 Å². The number of benzene rings is 1. The molecule has 22 heavy (non-hydrogen) atoms. The third-order valence-corrected chi connectivity index (χ3v) is 4.34. The van der Waals surface area contributed by atoms with Crippen molar-refractivity contribution in [2.45, 2.75) is 19.8 Å². The van der Waals surface area contributed by atoms with Gasteiger partial charge in [0.05, 0.1) is 0 Å². The van der Waals surface area contributed by atoms with E-state index in [2.05, 4.69) is 5.32 Å². The Bertz CT molecular complexity index is 651. The number of carbonyl (C=O) groups is 1. The molecule has 2 aromatic rings. The second kappa shape index (κ2) is 7.16. The van der Waals surface area contributed by atoms with Crippen LogP contribution >= 0.6 is 12.4 Å². The molecule has 1 unspecified atom stereocenters. The minimum absolute atomic E-state index is 0. The van der Waals surface area contributed by atoms with Crippen molar-refractivity contribution in [3.63, 3.8) is 0 Å². The number of carbonyl (C=O) groups excluding carboxylic acids is 1. The molecule has 5 heteroatoms. The molecule has 1 N–H and O–H groups in total. The highest BCUT2D eigenvalue weighted by molar-refractivity contribution is 5.98. The van der Waals surface area contributed by atoms with Crippen molar-refractivity contribution in [2.24, 2.45) is 5.92 Å². The molecule has 0 bridgehead atoms. The number of para-hydroxylation sites is 1. The van der Waals surface area contributed by atoms with Gasteiger partial charge in [-0.3, -0.25) is 4.79 Å². The van der Waals surface area contributed by atoms with Gasteiger partial charge in [0, 0.05) is 24.0 Å². The molecule has 1 aromatic carbocycles. The van der Waals surface area contributed by atoms with Crippen molar-refractivity contribution in [3.8, 4) is 0 Å². The van der Waals surface area contributed by atoms with E-state index in [1.807, 2.05) is 43.1 Å². The molecule has 0 saturated carbocycles. The monoisotopic (exact) mass is 322 g/mol. The van der Waals surface area contributed by atoms with Crippen molar-refractivity contribution in [3.05, 3.63) is 35.6 Å². The number of fused-ring (bicyclic) bond motifs is 1. The molecule has 1 aromatic heterocycles. The van der Waals surface area contributed by atoms with E-state index in [0.717, 1.165) is 42.6 Å². The molecule has 2 heterocycles. The van der Waals surface area contributed by atoms with Gasteiger partial charge in [0.1, 0.15) is 5.58 Å². The van der Waals surface area contributed by atoms with Crippen LogP contribution in [0.2, 0.25) is 0 Å². The van der Waals surface area contributed by atoms with Gasteiger partial charge in [-0.15, -0.1) is 12.4 Å². The van der Waals surface area contributed by atoms with Crippen LogP contribution in [-0.2, 0) is 0 Å². The molecule has 0 radical (unpaired) electrons. The average Bonchev–Trinajstić information content (AvgIpc) is 2.85. The first-order chi connectivity index (χ1) is 10.2. The normalized spacial score (nSPS) is 18.3. The lowest BCUT2D eigenvalue weighted by Gasteiger charge is -2.32. The number of furan rings is 1. The van der Waals surface area contributed by atoms with E-state index >= 15 is 0 Å². The SMILES string of the molecule is CNCC1CCCN(C(=O)c2oc3ccccc3c2C)C1.Cl. The van der Waals surface area contributed by atoms with Crippen molar-refractivity contribution in [1.29, 1.82) is 0 Å². The molecule has 1 amide bonds. The summed E-state index contributed by atoms with van der Waals surface area (Å²) in [5, 5.41) is 4.24. The van der Waals surface area contributed by atoms with Gasteiger partial charge in [0.25, 0.3) is 5.91 Å². The highest BCUT2D eigenvalue weighted by Gasteiger charge is 2.27. The maximum atomic E-state index is 12.8. The third kappa shape index (κ3) is 3.13. The van der Waals surface area contributed by atoms with Crippen LogP contribution in [0.3, 0.4) is 0 Å². The smallest absolute Gasteiger partial charge is 0.289 e. The number of hydrogen-bond donors (Lipinski definition) is 1. The summed E-state index contributed by atoms with van der Waals surface area (Å²) in [6, 6.07) is 7.83. The molecule has 1 aliphatic heterocycles. The summed E-state index contributed by atoms with van der Waals surface area (Å²) >= 11 is 0. The first kappa shape index (κ1) is 16.8. The summed E-state index contributed by atoms with van der Waals surface area (Å²) in [5.74, 6) is 1.07. The van der Waals surface area contributed by atoms with E-state index in [-0.39, 0.29) is 18.3 Å². The minimum atomic E-state index is 0. The van der Waals surface area contributed by atoms with Crippen LogP contribution in [0.5, 0.6) is 0 Å². The number of halogens is 1. The fraction of sp³-hybridized carbons (Fsp3) is 0.471. The van der Waals surface area contributed by atoms with Gasteiger partial charge < -0.3 is 14.6 Å². The van der Waals surface area contributed by atoms with Gasteiger partial charge in [-0.25, -0.2) is 0 Å². The van der Waals surface area contributed by atoms with Crippen LogP contribution in [0.15, 0.2) is 28.7 Å². The van der Waals surface area contributed by atoms with Crippen molar-refractivity contribution in [1.82, 2.24) is 10.2 Å². The quantitative estimate of drug-likeness (QED) is 0.943. The van der Waals surface area contributed by atoms with Crippen LogP contribution < -0.4 is 5.32 Å². The first-order valence-electron chi connectivity index (χ1n) is 7.62.